The van der Waals surface area contributed by atoms with Gasteiger partial charge < -0.3 is 10.1 Å². The van der Waals surface area contributed by atoms with Crippen molar-refractivity contribution in [3.63, 3.8) is 0 Å². The maximum absolute atomic E-state index is 13.3. The first-order valence-corrected chi connectivity index (χ1v) is 9.11. The SMILES string of the molecule is FC(F)(F)c1ccccc1CN=C1Nc2ccccc2CC12CCOCC2. The van der Waals surface area contributed by atoms with Crippen LogP contribution in [0.1, 0.15) is 29.5 Å². The highest BCUT2D eigenvalue weighted by molar-refractivity contribution is 6.02. The summed E-state index contributed by atoms with van der Waals surface area (Å²) in [6, 6.07) is 13.7. The van der Waals surface area contributed by atoms with Crippen LogP contribution in [0.2, 0.25) is 0 Å². The minimum absolute atomic E-state index is 0.00277. The predicted molar refractivity (Wildman–Crippen MR) is 98.8 cm³/mol. The monoisotopic (exact) mass is 374 g/mol. The van der Waals surface area contributed by atoms with E-state index in [1.807, 2.05) is 18.2 Å². The Kier molecular flexibility index (Phi) is 4.68. The van der Waals surface area contributed by atoms with E-state index in [1.54, 1.807) is 6.07 Å². The molecule has 1 N–H and O–H groups in total. The lowest BCUT2D eigenvalue weighted by Crippen LogP contribution is -2.45. The van der Waals surface area contributed by atoms with Gasteiger partial charge in [-0.1, -0.05) is 36.4 Å². The van der Waals surface area contributed by atoms with Gasteiger partial charge in [0.15, 0.2) is 0 Å². The molecule has 0 aromatic heterocycles. The number of amidine groups is 1. The summed E-state index contributed by atoms with van der Waals surface area (Å²) in [5.74, 6) is 0.779. The number of hydrogen-bond donors (Lipinski definition) is 1. The van der Waals surface area contributed by atoms with Gasteiger partial charge in [0.2, 0.25) is 0 Å². The Labute approximate surface area is 156 Å². The molecule has 2 aliphatic heterocycles. The number of anilines is 1. The highest BCUT2D eigenvalue weighted by Gasteiger charge is 2.41. The van der Waals surface area contributed by atoms with E-state index in [0.717, 1.165) is 36.9 Å². The van der Waals surface area contributed by atoms with E-state index in [9.17, 15) is 13.2 Å². The highest BCUT2D eigenvalue weighted by Crippen LogP contribution is 2.42. The van der Waals surface area contributed by atoms with Gasteiger partial charge in [-0.2, -0.15) is 13.2 Å². The largest absolute Gasteiger partial charge is 0.416 e. The molecule has 0 radical (unpaired) electrons. The average Bonchev–Trinajstić information content (AvgIpc) is 2.66. The second-order valence-electron chi connectivity index (χ2n) is 7.17. The smallest absolute Gasteiger partial charge is 0.381 e. The van der Waals surface area contributed by atoms with E-state index >= 15 is 0 Å². The molecule has 27 heavy (non-hydrogen) atoms. The maximum atomic E-state index is 13.3. The van der Waals surface area contributed by atoms with Crippen LogP contribution >= 0.6 is 0 Å². The van der Waals surface area contributed by atoms with Gasteiger partial charge in [0.05, 0.1) is 12.1 Å². The summed E-state index contributed by atoms with van der Waals surface area (Å²) in [5, 5.41) is 3.40. The molecule has 2 aromatic rings. The number of nitrogens with one attached hydrogen (secondary N) is 1. The third-order valence-corrected chi connectivity index (χ3v) is 5.48. The van der Waals surface area contributed by atoms with Gasteiger partial charge in [-0.05, 0) is 42.5 Å². The Morgan fingerprint density at radius 3 is 2.48 bits per heavy atom. The van der Waals surface area contributed by atoms with E-state index in [2.05, 4.69) is 16.4 Å². The fourth-order valence-corrected chi connectivity index (χ4v) is 3.99. The maximum Gasteiger partial charge on any atom is 0.416 e. The van der Waals surface area contributed by atoms with Gasteiger partial charge in [-0.15, -0.1) is 0 Å². The minimum Gasteiger partial charge on any atom is -0.381 e. The van der Waals surface area contributed by atoms with Crippen LogP contribution in [-0.4, -0.2) is 19.0 Å². The summed E-state index contributed by atoms with van der Waals surface area (Å²) in [6.45, 7) is 1.28. The molecular weight excluding hydrogens is 353 g/mol. The molecule has 3 nitrogen and oxygen atoms in total. The summed E-state index contributed by atoms with van der Waals surface area (Å²) in [5.41, 5.74) is 1.58. The fourth-order valence-electron chi connectivity index (χ4n) is 3.99. The first-order valence-electron chi connectivity index (χ1n) is 9.11. The number of fused-ring (bicyclic) bond motifs is 1. The van der Waals surface area contributed by atoms with Gasteiger partial charge in [-0.3, -0.25) is 4.99 Å². The molecule has 1 spiro atoms. The molecule has 4 rings (SSSR count). The highest BCUT2D eigenvalue weighted by atomic mass is 19.4. The van der Waals surface area contributed by atoms with Crippen LogP contribution in [0.3, 0.4) is 0 Å². The molecule has 2 aromatic carbocycles. The zero-order valence-corrected chi connectivity index (χ0v) is 14.9. The third kappa shape index (κ3) is 3.58. The van der Waals surface area contributed by atoms with Crippen LogP contribution in [-0.2, 0) is 23.9 Å². The Morgan fingerprint density at radius 1 is 1.00 bits per heavy atom. The van der Waals surface area contributed by atoms with Crippen LogP contribution in [0.25, 0.3) is 0 Å². The first kappa shape index (κ1) is 18.0. The Hall–Kier alpha value is -2.34. The van der Waals surface area contributed by atoms with Crippen molar-refractivity contribution < 1.29 is 17.9 Å². The number of halogens is 3. The lowest BCUT2D eigenvalue weighted by Gasteiger charge is -2.42. The molecule has 0 saturated carbocycles. The number of rotatable bonds is 2. The molecule has 142 valence electrons. The number of para-hydroxylation sites is 1. The van der Waals surface area contributed by atoms with Crippen LogP contribution < -0.4 is 5.32 Å². The van der Waals surface area contributed by atoms with E-state index in [-0.39, 0.29) is 17.5 Å². The van der Waals surface area contributed by atoms with Gasteiger partial charge >= 0.3 is 6.18 Å². The second-order valence-corrected chi connectivity index (χ2v) is 7.17. The lowest BCUT2D eigenvalue weighted by atomic mass is 9.71. The van der Waals surface area contributed by atoms with Crippen molar-refractivity contribution in [1.29, 1.82) is 0 Å². The molecule has 6 heteroatoms. The molecular formula is C21H21F3N2O. The van der Waals surface area contributed by atoms with Crippen molar-refractivity contribution in [3.05, 3.63) is 65.2 Å². The normalized spacial score (nSPS) is 20.3. The van der Waals surface area contributed by atoms with Gasteiger partial charge in [-0.25, -0.2) is 0 Å². The Bertz CT molecular complexity index is 855. The third-order valence-electron chi connectivity index (χ3n) is 5.48. The van der Waals surface area contributed by atoms with E-state index < -0.39 is 11.7 Å². The summed E-state index contributed by atoms with van der Waals surface area (Å²) in [4.78, 5) is 4.65. The van der Waals surface area contributed by atoms with Crippen LogP contribution in [0, 0.1) is 5.41 Å². The summed E-state index contributed by atoms with van der Waals surface area (Å²) < 4.78 is 45.4. The summed E-state index contributed by atoms with van der Waals surface area (Å²) in [7, 11) is 0. The Balaban J connectivity index is 1.69. The lowest BCUT2D eigenvalue weighted by molar-refractivity contribution is -0.138. The topological polar surface area (TPSA) is 33.6 Å². The number of ether oxygens (including phenoxy) is 1. The minimum atomic E-state index is -4.38. The number of benzene rings is 2. The number of aliphatic imine (C=N–C) groups is 1. The number of nitrogens with zero attached hydrogens (tertiary/aromatic N) is 1. The van der Waals surface area contributed by atoms with Gasteiger partial charge in [0.1, 0.15) is 5.84 Å². The molecule has 0 bridgehead atoms. The van der Waals surface area contributed by atoms with Gasteiger partial charge in [0.25, 0.3) is 0 Å². The van der Waals surface area contributed by atoms with E-state index in [4.69, 9.17) is 4.74 Å². The average molecular weight is 374 g/mol. The molecule has 0 amide bonds. The molecule has 2 heterocycles. The summed E-state index contributed by atoms with van der Waals surface area (Å²) in [6.07, 6.45) is -1.92. The molecule has 0 atom stereocenters. The molecule has 1 saturated heterocycles. The van der Waals surface area contributed by atoms with Crippen molar-refractivity contribution in [2.45, 2.75) is 32.0 Å². The van der Waals surface area contributed by atoms with E-state index in [0.29, 0.717) is 13.2 Å². The predicted octanol–water partition coefficient (Wildman–Crippen LogP) is 5.07. The van der Waals surface area contributed by atoms with Crippen molar-refractivity contribution in [2.24, 2.45) is 10.4 Å². The van der Waals surface area contributed by atoms with Crippen molar-refractivity contribution >= 4 is 11.5 Å². The Morgan fingerprint density at radius 2 is 1.70 bits per heavy atom. The van der Waals surface area contributed by atoms with Crippen LogP contribution in [0.5, 0.6) is 0 Å². The quantitative estimate of drug-likeness (QED) is 0.796. The van der Waals surface area contributed by atoms with Crippen molar-refractivity contribution in [3.8, 4) is 0 Å². The zero-order valence-electron chi connectivity index (χ0n) is 14.9. The fraction of sp³-hybridized carbons (Fsp3) is 0.381. The van der Waals surface area contributed by atoms with Crippen molar-refractivity contribution in [1.82, 2.24) is 0 Å². The van der Waals surface area contributed by atoms with Gasteiger partial charge in [0, 0.05) is 24.3 Å². The molecule has 1 fully saturated rings. The second kappa shape index (κ2) is 7.00. The number of alkyl halides is 3. The first-order chi connectivity index (χ1) is 13.0. The van der Waals surface area contributed by atoms with Crippen LogP contribution in [0.4, 0.5) is 18.9 Å². The molecule has 0 unspecified atom stereocenters. The van der Waals surface area contributed by atoms with Crippen molar-refractivity contribution in [2.75, 3.05) is 18.5 Å². The standard InChI is InChI=1S/C21H21F3N2O/c22-21(23,24)17-7-3-1-6-16(17)14-25-19-20(9-11-27-12-10-20)13-15-5-2-4-8-18(15)26-19/h1-8H,9-14H2,(H,25,26). The van der Waals surface area contributed by atoms with E-state index in [1.165, 1.54) is 17.7 Å². The summed E-state index contributed by atoms with van der Waals surface area (Å²) >= 11 is 0. The number of hydrogen-bond acceptors (Lipinski definition) is 2. The zero-order chi connectivity index (χ0) is 18.9. The molecule has 0 aliphatic carbocycles. The molecule has 2 aliphatic rings. The van der Waals surface area contributed by atoms with Crippen LogP contribution in [0.15, 0.2) is 53.5 Å².